The van der Waals surface area contributed by atoms with Crippen molar-refractivity contribution in [1.82, 2.24) is 0 Å². The van der Waals surface area contributed by atoms with Crippen molar-refractivity contribution in [2.24, 2.45) is 0 Å². The normalized spacial score (nSPS) is 9.23. The molecule has 0 aliphatic heterocycles. The molecule has 1 aromatic carbocycles. The first-order valence-electron chi connectivity index (χ1n) is 3.51. The highest BCUT2D eigenvalue weighted by Gasteiger charge is 2.06. The second kappa shape index (κ2) is 4.06. The van der Waals surface area contributed by atoms with Crippen molar-refractivity contribution >= 4 is 21.9 Å². The fourth-order valence-corrected chi connectivity index (χ4v) is 1.42. The number of carbonyl (C=O) groups is 1. The molecule has 0 aromatic heterocycles. The van der Waals surface area contributed by atoms with Crippen LogP contribution in [0.4, 0.5) is 0 Å². The van der Waals surface area contributed by atoms with Gasteiger partial charge in [0.15, 0.2) is 0 Å². The molecule has 0 atom stereocenters. The number of carboxylic acid groups (broad SMARTS) is 1. The molecule has 0 heterocycles. The van der Waals surface area contributed by atoms with Gasteiger partial charge in [0.25, 0.3) is 0 Å². The topological polar surface area (TPSA) is 61.1 Å². The Morgan fingerprint density at radius 2 is 2.31 bits per heavy atom. The number of carboxylic acids is 1. The fraction of sp³-hybridized carbons (Fsp3) is 0.111. The van der Waals surface area contributed by atoms with Crippen molar-refractivity contribution in [3.05, 3.63) is 34.9 Å². The van der Waals surface area contributed by atoms with Crippen LogP contribution in [0.1, 0.15) is 21.5 Å². The van der Waals surface area contributed by atoms with Crippen LogP contribution in [0.15, 0.2) is 18.2 Å². The number of nitrogens with zero attached hydrogens (tertiary/aromatic N) is 1. The molecule has 4 heteroatoms. The lowest BCUT2D eigenvalue weighted by molar-refractivity contribution is 0.0697. The molecule has 0 saturated carbocycles. The molecular formula is C9H6BrNO2. The van der Waals surface area contributed by atoms with E-state index in [1.54, 1.807) is 6.07 Å². The van der Waals surface area contributed by atoms with Crippen LogP contribution in [0.3, 0.4) is 0 Å². The van der Waals surface area contributed by atoms with Crippen LogP contribution in [0, 0.1) is 11.3 Å². The lowest BCUT2D eigenvalue weighted by atomic mass is 10.1. The molecule has 0 bridgehead atoms. The molecule has 1 N–H and O–H groups in total. The van der Waals surface area contributed by atoms with E-state index in [1.807, 2.05) is 6.07 Å². The molecule has 0 spiro atoms. The maximum Gasteiger partial charge on any atom is 0.335 e. The number of alkyl halides is 1. The van der Waals surface area contributed by atoms with E-state index >= 15 is 0 Å². The minimum Gasteiger partial charge on any atom is -0.478 e. The third-order valence-corrected chi connectivity index (χ3v) is 2.23. The molecule has 1 aromatic rings. The minimum atomic E-state index is -1.02. The minimum absolute atomic E-state index is 0.140. The van der Waals surface area contributed by atoms with Crippen LogP contribution in [0.5, 0.6) is 0 Å². The molecule has 3 nitrogen and oxygen atoms in total. The zero-order valence-corrected chi connectivity index (χ0v) is 8.21. The molecule has 0 aliphatic rings. The molecule has 0 radical (unpaired) electrons. The van der Waals surface area contributed by atoms with Gasteiger partial charge in [0, 0.05) is 5.33 Å². The van der Waals surface area contributed by atoms with E-state index in [4.69, 9.17) is 10.4 Å². The van der Waals surface area contributed by atoms with Crippen molar-refractivity contribution in [1.29, 1.82) is 5.26 Å². The Hall–Kier alpha value is -1.34. The summed E-state index contributed by atoms with van der Waals surface area (Å²) < 4.78 is 0. The van der Waals surface area contributed by atoms with E-state index in [0.717, 1.165) is 5.56 Å². The number of rotatable bonds is 2. The number of halogens is 1. The molecule has 0 unspecified atom stereocenters. The van der Waals surface area contributed by atoms with Gasteiger partial charge in [-0.15, -0.1) is 0 Å². The Kier molecular flexibility index (Phi) is 3.04. The summed E-state index contributed by atoms with van der Waals surface area (Å²) in [5, 5.41) is 17.9. The molecule has 0 amide bonds. The van der Waals surface area contributed by atoms with Crippen LogP contribution in [0.2, 0.25) is 0 Å². The molecule has 0 saturated heterocycles. The Morgan fingerprint density at radius 1 is 1.62 bits per heavy atom. The molecule has 66 valence electrons. The van der Waals surface area contributed by atoms with Gasteiger partial charge >= 0.3 is 5.97 Å². The summed E-state index contributed by atoms with van der Waals surface area (Å²) in [5.41, 5.74) is 1.34. The first kappa shape index (κ1) is 9.75. The highest BCUT2D eigenvalue weighted by Crippen LogP contribution is 2.14. The number of aromatic carboxylic acids is 1. The maximum atomic E-state index is 10.5. The van der Waals surface area contributed by atoms with Crippen molar-refractivity contribution in [2.45, 2.75) is 5.33 Å². The Labute approximate surface area is 83.7 Å². The summed E-state index contributed by atoms with van der Waals surface area (Å²) in [6, 6.07) is 6.44. The Bertz CT molecular complexity index is 382. The van der Waals surface area contributed by atoms with Gasteiger partial charge in [0.2, 0.25) is 0 Å². The predicted octanol–water partition coefficient (Wildman–Crippen LogP) is 2.15. The number of hydrogen-bond donors (Lipinski definition) is 1. The van der Waals surface area contributed by atoms with Gasteiger partial charge in [-0.25, -0.2) is 4.79 Å². The fourth-order valence-electron chi connectivity index (χ4n) is 0.930. The second-order valence-corrected chi connectivity index (χ2v) is 2.98. The van der Waals surface area contributed by atoms with E-state index in [2.05, 4.69) is 15.9 Å². The van der Waals surface area contributed by atoms with Crippen molar-refractivity contribution in [2.75, 3.05) is 0 Å². The van der Waals surface area contributed by atoms with Crippen LogP contribution in [0.25, 0.3) is 0 Å². The predicted molar refractivity (Wildman–Crippen MR) is 50.7 cm³/mol. The maximum absolute atomic E-state index is 10.5. The van der Waals surface area contributed by atoms with Crippen LogP contribution < -0.4 is 0 Å². The van der Waals surface area contributed by atoms with Crippen LogP contribution >= 0.6 is 15.9 Å². The molecule has 13 heavy (non-hydrogen) atoms. The molecule has 0 aliphatic carbocycles. The van der Waals surface area contributed by atoms with Crippen molar-refractivity contribution < 1.29 is 9.90 Å². The summed E-state index contributed by atoms with van der Waals surface area (Å²) >= 11 is 3.21. The van der Waals surface area contributed by atoms with E-state index in [0.29, 0.717) is 10.9 Å². The van der Waals surface area contributed by atoms with Crippen molar-refractivity contribution in [3.8, 4) is 6.07 Å². The summed E-state index contributed by atoms with van der Waals surface area (Å²) in [6.07, 6.45) is 0. The summed E-state index contributed by atoms with van der Waals surface area (Å²) in [4.78, 5) is 10.5. The van der Waals surface area contributed by atoms with Gasteiger partial charge in [-0.3, -0.25) is 0 Å². The summed E-state index contributed by atoms with van der Waals surface area (Å²) in [5.74, 6) is -1.02. The first-order valence-corrected chi connectivity index (χ1v) is 4.63. The summed E-state index contributed by atoms with van der Waals surface area (Å²) in [6.45, 7) is 0. The van der Waals surface area contributed by atoms with E-state index in [-0.39, 0.29) is 5.56 Å². The standard InChI is InChI=1S/C9H6BrNO2/c10-4-7-2-1-6(9(12)13)3-8(7)5-11/h1-3H,4H2,(H,12,13). The van der Waals surface area contributed by atoms with E-state index < -0.39 is 5.97 Å². The third kappa shape index (κ3) is 2.07. The van der Waals surface area contributed by atoms with E-state index in [9.17, 15) is 4.79 Å². The van der Waals surface area contributed by atoms with Gasteiger partial charge in [-0.2, -0.15) is 5.26 Å². The van der Waals surface area contributed by atoms with Crippen molar-refractivity contribution in [3.63, 3.8) is 0 Å². The molecule has 1 rings (SSSR count). The number of hydrogen-bond acceptors (Lipinski definition) is 2. The van der Waals surface area contributed by atoms with Gasteiger partial charge in [0.1, 0.15) is 0 Å². The average Bonchev–Trinajstić information content (AvgIpc) is 2.16. The largest absolute Gasteiger partial charge is 0.478 e. The summed E-state index contributed by atoms with van der Waals surface area (Å²) in [7, 11) is 0. The molecule has 0 fully saturated rings. The highest BCUT2D eigenvalue weighted by molar-refractivity contribution is 9.08. The second-order valence-electron chi connectivity index (χ2n) is 2.42. The Balaban J connectivity index is 3.23. The van der Waals surface area contributed by atoms with Gasteiger partial charge in [0.05, 0.1) is 17.2 Å². The SMILES string of the molecule is N#Cc1cc(C(=O)O)ccc1CBr. The van der Waals surface area contributed by atoms with Gasteiger partial charge in [-0.05, 0) is 17.7 Å². The first-order chi connectivity index (χ1) is 6.19. The third-order valence-electron chi connectivity index (χ3n) is 1.62. The van der Waals surface area contributed by atoms with Gasteiger partial charge in [-0.1, -0.05) is 22.0 Å². The van der Waals surface area contributed by atoms with Crippen LogP contribution in [-0.2, 0) is 5.33 Å². The smallest absolute Gasteiger partial charge is 0.335 e. The Morgan fingerprint density at radius 3 is 2.77 bits per heavy atom. The number of benzene rings is 1. The number of nitriles is 1. The lowest BCUT2D eigenvalue weighted by Crippen LogP contribution is -1.98. The monoisotopic (exact) mass is 239 g/mol. The van der Waals surface area contributed by atoms with Gasteiger partial charge < -0.3 is 5.11 Å². The zero-order valence-electron chi connectivity index (χ0n) is 6.62. The lowest BCUT2D eigenvalue weighted by Gasteiger charge is -2.00. The highest BCUT2D eigenvalue weighted by atomic mass is 79.9. The van der Waals surface area contributed by atoms with E-state index in [1.165, 1.54) is 12.1 Å². The molecular weight excluding hydrogens is 234 g/mol. The van der Waals surface area contributed by atoms with Crippen LogP contribution in [-0.4, -0.2) is 11.1 Å². The average molecular weight is 240 g/mol. The quantitative estimate of drug-likeness (QED) is 0.805. The zero-order chi connectivity index (χ0) is 9.84.